The van der Waals surface area contributed by atoms with Crippen LogP contribution in [-0.4, -0.2) is 55.9 Å². The van der Waals surface area contributed by atoms with Crippen LogP contribution in [0.1, 0.15) is 31.4 Å². The highest BCUT2D eigenvalue weighted by Gasteiger charge is 2.26. The lowest BCUT2D eigenvalue weighted by molar-refractivity contribution is -0.128. The fourth-order valence-corrected chi connectivity index (χ4v) is 4.81. The number of rotatable bonds is 8. The summed E-state index contributed by atoms with van der Waals surface area (Å²) in [6.45, 7) is 6.22. The molecule has 7 heteroatoms. The maximum absolute atomic E-state index is 12.9. The van der Waals surface area contributed by atoms with E-state index in [0.29, 0.717) is 32.8 Å². The van der Waals surface area contributed by atoms with Crippen LogP contribution >= 0.6 is 0 Å². The Morgan fingerprint density at radius 2 is 1.74 bits per heavy atom. The molecule has 1 aliphatic rings. The van der Waals surface area contributed by atoms with Gasteiger partial charge < -0.3 is 9.64 Å². The van der Waals surface area contributed by atoms with E-state index in [1.807, 2.05) is 42.2 Å². The molecule has 0 aliphatic carbocycles. The summed E-state index contributed by atoms with van der Waals surface area (Å²) in [5.41, 5.74) is 1.86. The van der Waals surface area contributed by atoms with Crippen molar-refractivity contribution in [2.45, 2.75) is 37.8 Å². The zero-order valence-electron chi connectivity index (χ0n) is 18.1. The second-order valence-corrected chi connectivity index (χ2v) is 9.57. The first-order valence-electron chi connectivity index (χ1n) is 10.6. The molecule has 166 valence electrons. The Kier molecular flexibility index (Phi) is 8.01. The van der Waals surface area contributed by atoms with Crippen molar-refractivity contribution in [3.05, 3.63) is 71.8 Å². The van der Waals surface area contributed by atoms with Gasteiger partial charge in [0.2, 0.25) is 15.9 Å². The van der Waals surface area contributed by atoms with E-state index in [0.717, 1.165) is 17.5 Å². The molecule has 1 unspecified atom stereocenters. The molecule has 2 aromatic carbocycles. The highest BCUT2D eigenvalue weighted by molar-refractivity contribution is 7.89. The molecule has 2 aromatic rings. The number of morpholine rings is 1. The molecule has 1 saturated heterocycles. The SMILES string of the molecule is CCC(C)N(Cc1ccccc1)C(=O)C=Cc1ccc(S(=O)(=O)N2CCOCC2)cc1. The van der Waals surface area contributed by atoms with E-state index in [-0.39, 0.29) is 16.8 Å². The molecular formula is C24H30N2O4S. The monoisotopic (exact) mass is 442 g/mol. The minimum atomic E-state index is -3.52. The number of hydrogen-bond acceptors (Lipinski definition) is 4. The minimum Gasteiger partial charge on any atom is -0.379 e. The van der Waals surface area contributed by atoms with Gasteiger partial charge in [-0.2, -0.15) is 4.31 Å². The third-order valence-electron chi connectivity index (χ3n) is 5.51. The Morgan fingerprint density at radius 1 is 1.10 bits per heavy atom. The van der Waals surface area contributed by atoms with Crippen molar-refractivity contribution in [3.63, 3.8) is 0 Å². The predicted molar refractivity (Wildman–Crippen MR) is 122 cm³/mol. The van der Waals surface area contributed by atoms with Crippen LogP contribution in [-0.2, 0) is 26.1 Å². The summed E-state index contributed by atoms with van der Waals surface area (Å²) in [5.74, 6) is -0.0665. The summed E-state index contributed by atoms with van der Waals surface area (Å²) in [4.78, 5) is 15.0. The molecule has 0 aromatic heterocycles. The maximum atomic E-state index is 12.9. The van der Waals surface area contributed by atoms with Gasteiger partial charge in [-0.3, -0.25) is 4.79 Å². The molecule has 0 saturated carbocycles. The molecule has 3 rings (SSSR count). The van der Waals surface area contributed by atoms with E-state index in [1.165, 1.54) is 4.31 Å². The minimum absolute atomic E-state index is 0.0665. The molecule has 0 radical (unpaired) electrons. The highest BCUT2D eigenvalue weighted by atomic mass is 32.2. The fraction of sp³-hybridized carbons (Fsp3) is 0.375. The van der Waals surface area contributed by atoms with Crippen LogP contribution < -0.4 is 0 Å². The first kappa shape index (κ1) is 23.2. The van der Waals surface area contributed by atoms with Crippen molar-refractivity contribution >= 4 is 22.0 Å². The molecule has 1 fully saturated rings. The van der Waals surface area contributed by atoms with E-state index in [4.69, 9.17) is 4.74 Å². The second-order valence-electron chi connectivity index (χ2n) is 7.63. The van der Waals surface area contributed by atoms with Crippen LogP contribution in [0, 0.1) is 0 Å². The lowest BCUT2D eigenvalue weighted by atomic mass is 10.1. The smallest absolute Gasteiger partial charge is 0.247 e. The van der Waals surface area contributed by atoms with E-state index < -0.39 is 10.0 Å². The van der Waals surface area contributed by atoms with E-state index >= 15 is 0 Å². The van der Waals surface area contributed by atoms with Gasteiger partial charge in [0.25, 0.3) is 0 Å². The Hall–Kier alpha value is -2.48. The number of hydrogen-bond donors (Lipinski definition) is 0. The lowest BCUT2D eigenvalue weighted by Gasteiger charge is -2.27. The number of amides is 1. The van der Waals surface area contributed by atoms with Gasteiger partial charge in [0.1, 0.15) is 0 Å². The molecule has 1 amide bonds. The van der Waals surface area contributed by atoms with Gasteiger partial charge in [-0.15, -0.1) is 0 Å². The lowest BCUT2D eigenvalue weighted by Crippen LogP contribution is -2.40. The average Bonchev–Trinajstić information content (AvgIpc) is 2.82. The third-order valence-corrected chi connectivity index (χ3v) is 7.42. The van der Waals surface area contributed by atoms with Crippen molar-refractivity contribution in [3.8, 4) is 0 Å². The molecular weight excluding hydrogens is 412 g/mol. The molecule has 0 bridgehead atoms. The van der Waals surface area contributed by atoms with E-state index in [1.54, 1.807) is 36.4 Å². The van der Waals surface area contributed by atoms with Gasteiger partial charge in [0.05, 0.1) is 18.1 Å². The van der Waals surface area contributed by atoms with Crippen LogP contribution in [0.15, 0.2) is 65.6 Å². The van der Waals surface area contributed by atoms with Gasteiger partial charge in [-0.1, -0.05) is 49.4 Å². The summed E-state index contributed by atoms with van der Waals surface area (Å²) in [6.07, 6.45) is 4.15. The van der Waals surface area contributed by atoms with E-state index in [2.05, 4.69) is 6.92 Å². The Balaban J connectivity index is 1.70. The average molecular weight is 443 g/mol. The molecule has 6 nitrogen and oxygen atoms in total. The van der Waals surface area contributed by atoms with Crippen molar-refractivity contribution < 1.29 is 17.9 Å². The predicted octanol–water partition coefficient (Wildman–Crippen LogP) is 3.55. The zero-order chi connectivity index (χ0) is 22.3. The van der Waals surface area contributed by atoms with Crippen molar-refractivity contribution in [1.29, 1.82) is 0 Å². The summed E-state index contributed by atoms with van der Waals surface area (Å²) < 4.78 is 32.1. The van der Waals surface area contributed by atoms with Gasteiger partial charge >= 0.3 is 0 Å². The fourth-order valence-electron chi connectivity index (χ4n) is 3.40. The van der Waals surface area contributed by atoms with Crippen LogP contribution in [0.25, 0.3) is 6.08 Å². The van der Waals surface area contributed by atoms with E-state index in [9.17, 15) is 13.2 Å². The quantitative estimate of drug-likeness (QED) is 0.587. The largest absolute Gasteiger partial charge is 0.379 e. The summed E-state index contributed by atoms with van der Waals surface area (Å²) in [6, 6.07) is 16.7. The highest BCUT2D eigenvalue weighted by Crippen LogP contribution is 2.18. The van der Waals surface area contributed by atoms with Crippen LogP contribution in [0.4, 0.5) is 0 Å². The topological polar surface area (TPSA) is 66.9 Å². The standard InChI is InChI=1S/C24H30N2O4S/c1-3-20(2)26(19-22-7-5-4-6-8-22)24(27)14-11-21-9-12-23(13-10-21)31(28,29)25-15-17-30-18-16-25/h4-14,20H,3,15-19H2,1-2H3. The Labute approximate surface area is 185 Å². The van der Waals surface area contributed by atoms with Crippen LogP contribution in [0.5, 0.6) is 0 Å². The zero-order valence-corrected chi connectivity index (χ0v) is 18.9. The Bertz CT molecular complexity index is 982. The van der Waals surface area contributed by atoms with Crippen molar-refractivity contribution in [2.24, 2.45) is 0 Å². The number of sulfonamides is 1. The van der Waals surface area contributed by atoms with Gasteiger partial charge in [0, 0.05) is 31.8 Å². The number of carbonyl (C=O) groups is 1. The molecule has 0 spiro atoms. The van der Waals surface area contributed by atoms with Gasteiger partial charge in [-0.05, 0) is 42.7 Å². The molecule has 1 aliphatic heterocycles. The molecule has 1 heterocycles. The number of benzene rings is 2. The van der Waals surface area contributed by atoms with Crippen molar-refractivity contribution in [2.75, 3.05) is 26.3 Å². The van der Waals surface area contributed by atoms with Crippen LogP contribution in [0.2, 0.25) is 0 Å². The number of ether oxygens (including phenoxy) is 1. The summed E-state index contributed by atoms with van der Waals surface area (Å²) in [5, 5.41) is 0. The molecule has 1 atom stereocenters. The first-order valence-corrected chi connectivity index (χ1v) is 12.1. The number of carbonyl (C=O) groups excluding carboxylic acids is 1. The maximum Gasteiger partial charge on any atom is 0.247 e. The van der Waals surface area contributed by atoms with Gasteiger partial charge in [0.15, 0.2) is 0 Å². The normalized spacial score (nSPS) is 16.3. The number of nitrogens with zero attached hydrogens (tertiary/aromatic N) is 2. The third kappa shape index (κ3) is 6.03. The van der Waals surface area contributed by atoms with Crippen molar-refractivity contribution in [1.82, 2.24) is 9.21 Å². The second kappa shape index (κ2) is 10.7. The first-order chi connectivity index (χ1) is 14.9. The Morgan fingerprint density at radius 3 is 2.35 bits per heavy atom. The summed E-state index contributed by atoms with van der Waals surface area (Å²) >= 11 is 0. The van der Waals surface area contributed by atoms with Crippen LogP contribution in [0.3, 0.4) is 0 Å². The molecule has 31 heavy (non-hydrogen) atoms. The molecule has 0 N–H and O–H groups in total. The summed E-state index contributed by atoms with van der Waals surface area (Å²) in [7, 11) is -3.52. The van der Waals surface area contributed by atoms with Gasteiger partial charge in [-0.25, -0.2) is 8.42 Å².